The quantitative estimate of drug-likeness (QED) is 0.741. The van der Waals surface area contributed by atoms with E-state index in [1.165, 1.54) is 0 Å². The topological polar surface area (TPSA) is 53.9 Å². The van der Waals surface area contributed by atoms with Gasteiger partial charge in [0.15, 0.2) is 5.82 Å². The van der Waals surface area contributed by atoms with Crippen molar-refractivity contribution in [1.82, 2.24) is 14.5 Å². The molecule has 106 valence electrons. The van der Waals surface area contributed by atoms with Crippen LogP contribution in [0.15, 0.2) is 30.6 Å². The summed E-state index contributed by atoms with van der Waals surface area (Å²) >= 11 is 0. The van der Waals surface area contributed by atoms with Crippen LogP contribution in [-0.4, -0.2) is 20.6 Å². The van der Waals surface area contributed by atoms with Crippen LogP contribution in [-0.2, 0) is 0 Å². The van der Waals surface area contributed by atoms with Crippen molar-refractivity contribution in [2.45, 2.75) is 26.8 Å². The molecule has 3 aromatic rings. The second-order valence-corrected chi connectivity index (χ2v) is 5.65. The van der Waals surface area contributed by atoms with E-state index in [0.29, 0.717) is 5.82 Å². The molecule has 5 heteroatoms. The van der Waals surface area contributed by atoms with Gasteiger partial charge in [-0.2, -0.15) is 0 Å². The van der Waals surface area contributed by atoms with E-state index in [0.717, 1.165) is 27.9 Å². The summed E-state index contributed by atoms with van der Waals surface area (Å²) in [5.74, 6) is 0.706. The van der Waals surface area contributed by atoms with Gasteiger partial charge in [0.2, 0.25) is 0 Å². The molecule has 0 spiro atoms. The van der Waals surface area contributed by atoms with Gasteiger partial charge in [0, 0.05) is 5.39 Å². The van der Waals surface area contributed by atoms with Gasteiger partial charge in [-0.3, -0.25) is 9.47 Å². The molecule has 1 unspecified atom stereocenters. The van der Waals surface area contributed by atoms with E-state index >= 15 is 0 Å². The van der Waals surface area contributed by atoms with Gasteiger partial charge in [0.05, 0.1) is 29.3 Å². The lowest BCUT2D eigenvalue weighted by Gasteiger charge is -2.19. The number of aryl methyl sites for hydroxylation is 2. The second kappa shape index (κ2) is 3.97. The highest BCUT2D eigenvalue weighted by molar-refractivity contribution is 6.04. The maximum Gasteiger partial charge on any atom is 0.335 e. The van der Waals surface area contributed by atoms with Crippen molar-refractivity contribution in [1.29, 1.82) is 0 Å². The molecule has 1 aliphatic rings. The predicted molar refractivity (Wildman–Crippen MR) is 81.7 cm³/mol. The molecule has 4 rings (SSSR count). The summed E-state index contributed by atoms with van der Waals surface area (Å²) in [6.45, 7) is 6.01. The summed E-state index contributed by atoms with van der Waals surface area (Å²) in [6.07, 6.45) is 1.63. The fraction of sp³-hybridized carbons (Fsp3) is 0.250. The Morgan fingerprint density at radius 3 is 2.76 bits per heavy atom. The second-order valence-electron chi connectivity index (χ2n) is 5.65. The zero-order chi connectivity index (χ0) is 14.7. The van der Waals surface area contributed by atoms with Crippen molar-refractivity contribution in [2.75, 3.05) is 4.90 Å². The minimum atomic E-state index is -0.0340. The van der Waals surface area contributed by atoms with Crippen LogP contribution in [0.2, 0.25) is 0 Å². The molecule has 5 nitrogen and oxygen atoms in total. The van der Waals surface area contributed by atoms with Crippen LogP contribution in [0.5, 0.6) is 0 Å². The number of nitrogens with one attached hydrogen (secondary N) is 1. The molecule has 0 saturated heterocycles. The van der Waals surface area contributed by atoms with E-state index in [1.54, 1.807) is 15.8 Å². The summed E-state index contributed by atoms with van der Waals surface area (Å²) < 4.78 is 1.81. The first-order valence-electron chi connectivity index (χ1n) is 7.03. The molecule has 0 saturated carbocycles. The summed E-state index contributed by atoms with van der Waals surface area (Å²) in [7, 11) is 0. The van der Waals surface area contributed by atoms with Gasteiger partial charge in [-0.1, -0.05) is 12.1 Å². The molecule has 0 radical (unpaired) electrons. The number of carbonyl (C=O) groups excluding carboxylic acids is 1. The smallest absolute Gasteiger partial charge is 0.335 e. The molecule has 0 aliphatic carbocycles. The molecule has 1 aliphatic heterocycles. The lowest BCUT2D eigenvalue weighted by Crippen LogP contribution is -2.29. The lowest BCUT2D eigenvalue weighted by molar-refractivity contribution is 0.250. The van der Waals surface area contributed by atoms with Crippen LogP contribution < -0.4 is 4.90 Å². The molecule has 0 fully saturated rings. The molecule has 1 aromatic carbocycles. The van der Waals surface area contributed by atoms with Gasteiger partial charge in [-0.15, -0.1) is 0 Å². The molecule has 2 aromatic heterocycles. The summed E-state index contributed by atoms with van der Waals surface area (Å²) in [4.78, 5) is 22.0. The van der Waals surface area contributed by atoms with Crippen molar-refractivity contribution in [3.63, 3.8) is 0 Å². The van der Waals surface area contributed by atoms with E-state index in [2.05, 4.69) is 34.2 Å². The van der Waals surface area contributed by atoms with Gasteiger partial charge >= 0.3 is 6.03 Å². The van der Waals surface area contributed by atoms with Gasteiger partial charge in [0.1, 0.15) is 0 Å². The summed E-state index contributed by atoms with van der Waals surface area (Å²) in [6, 6.07) is 8.24. The minimum absolute atomic E-state index is 0.0211. The first kappa shape index (κ1) is 12.2. The Hall–Kier alpha value is -2.56. The Kier molecular flexibility index (Phi) is 2.31. The number of benzene rings is 1. The molecule has 21 heavy (non-hydrogen) atoms. The lowest BCUT2D eigenvalue weighted by atomic mass is 10.1. The summed E-state index contributed by atoms with van der Waals surface area (Å²) in [5.41, 5.74) is 4.04. The number of rotatable bonds is 1. The van der Waals surface area contributed by atoms with Gasteiger partial charge < -0.3 is 4.98 Å². The molecule has 1 amide bonds. The van der Waals surface area contributed by atoms with Crippen molar-refractivity contribution in [3.05, 3.63) is 47.5 Å². The number of imidazole rings is 1. The third kappa shape index (κ3) is 1.51. The first-order chi connectivity index (χ1) is 10.1. The Labute approximate surface area is 122 Å². The van der Waals surface area contributed by atoms with Crippen LogP contribution in [0.25, 0.3) is 10.9 Å². The van der Waals surface area contributed by atoms with Gasteiger partial charge in [-0.25, -0.2) is 9.78 Å². The Morgan fingerprint density at radius 1 is 1.24 bits per heavy atom. The van der Waals surface area contributed by atoms with E-state index in [4.69, 9.17) is 0 Å². The Morgan fingerprint density at radius 2 is 2.05 bits per heavy atom. The fourth-order valence-electron chi connectivity index (χ4n) is 3.13. The maximum atomic E-state index is 12.9. The standard InChI is InChI=1S/C16H16N4O/c1-9-4-5-12-7-13-11(3)19(15-10(2)17-8-18-15)16(21)20(13)14(12)6-9/h4-8,11H,1-3H3,(H,17,18). The number of amides is 1. The Balaban J connectivity index is 1.93. The fourth-order valence-corrected chi connectivity index (χ4v) is 3.13. The third-order valence-corrected chi connectivity index (χ3v) is 4.23. The monoisotopic (exact) mass is 280 g/mol. The number of nitrogens with zero attached hydrogens (tertiary/aromatic N) is 3. The van der Waals surface area contributed by atoms with Crippen molar-refractivity contribution < 1.29 is 4.79 Å². The van der Waals surface area contributed by atoms with Crippen LogP contribution in [0.3, 0.4) is 0 Å². The molecular formula is C16H16N4O. The van der Waals surface area contributed by atoms with Crippen molar-refractivity contribution in [3.8, 4) is 0 Å². The highest BCUT2D eigenvalue weighted by atomic mass is 16.2. The van der Waals surface area contributed by atoms with Crippen LogP contribution in [0.1, 0.15) is 29.9 Å². The van der Waals surface area contributed by atoms with Crippen LogP contribution >= 0.6 is 0 Å². The van der Waals surface area contributed by atoms with Crippen molar-refractivity contribution >= 4 is 22.8 Å². The maximum absolute atomic E-state index is 12.9. The largest absolute Gasteiger partial charge is 0.347 e. The van der Waals surface area contributed by atoms with E-state index in [9.17, 15) is 4.79 Å². The zero-order valence-electron chi connectivity index (χ0n) is 12.2. The number of hydrogen-bond donors (Lipinski definition) is 1. The number of aromatic nitrogens is 3. The van der Waals surface area contributed by atoms with Gasteiger partial charge in [0.25, 0.3) is 0 Å². The highest BCUT2D eigenvalue weighted by Crippen LogP contribution is 2.38. The normalized spacial score (nSPS) is 17.8. The number of fused-ring (bicyclic) bond motifs is 3. The third-order valence-electron chi connectivity index (χ3n) is 4.23. The van der Waals surface area contributed by atoms with E-state index < -0.39 is 0 Å². The zero-order valence-corrected chi connectivity index (χ0v) is 12.2. The number of H-pyrrole nitrogens is 1. The average Bonchev–Trinajstić information content (AvgIpc) is 3.08. The van der Waals surface area contributed by atoms with Gasteiger partial charge in [-0.05, 0) is 38.5 Å². The number of carbonyl (C=O) groups is 1. The predicted octanol–water partition coefficient (Wildman–Crippen LogP) is 3.53. The SMILES string of the molecule is Cc1ccc2cc3n(c2c1)C(=O)N(c1nc[nH]c1C)C3C. The van der Waals surface area contributed by atoms with Crippen LogP contribution in [0, 0.1) is 13.8 Å². The Bertz CT molecular complexity index is 874. The molecule has 1 atom stereocenters. The number of aromatic amines is 1. The molecule has 0 bridgehead atoms. The first-order valence-corrected chi connectivity index (χ1v) is 7.03. The van der Waals surface area contributed by atoms with E-state index in [-0.39, 0.29) is 12.1 Å². The average molecular weight is 280 g/mol. The molecule has 1 N–H and O–H groups in total. The molecular weight excluding hydrogens is 264 g/mol. The number of hydrogen-bond acceptors (Lipinski definition) is 2. The number of anilines is 1. The van der Waals surface area contributed by atoms with Crippen LogP contribution in [0.4, 0.5) is 10.6 Å². The van der Waals surface area contributed by atoms with E-state index in [1.807, 2.05) is 20.8 Å². The molecule has 3 heterocycles. The summed E-state index contributed by atoms with van der Waals surface area (Å²) in [5, 5.41) is 1.11. The highest BCUT2D eigenvalue weighted by Gasteiger charge is 2.38. The minimum Gasteiger partial charge on any atom is -0.347 e. The van der Waals surface area contributed by atoms with Crippen molar-refractivity contribution in [2.24, 2.45) is 0 Å².